The summed E-state index contributed by atoms with van der Waals surface area (Å²) in [6.45, 7) is 8.41. The summed E-state index contributed by atoms with van der Waals surface area (Å²) in [5.74, 6) is -0.426. The fraction of sp³-hybridized carbons (Fsp3) is 0.545. The summed E-state index contributed by atoms with van der Waals surface area (Å²) in [5, 5.41) is 0. The normalized spacial score (nSPS) is 9.40. The van der Waals surface area contributed by atoms with Crippen molar-refractivity contribution in [3.8, 4) is 0 Å². The standard InChI is InChI=1S/C11H18O4/c1-4-14-7-5-6-8-15-9-10(2)11(12)13-3/h4H,1-2,5-9H2,3H3. The van der Waals surface area contributed by atoms with Crippen LogP contribution < -0.4 is 0 Å². The van der Waals surface area contributed by atoms with Crippen LogP contribution in [0.5, 0.6) is 0 Å². The maximum atomic E-state index is 10.9. The van der Waals surface area contributed by atoms with Gasteiger partial charge in [-0.05, 0) is 12.8 Å². The smallest absolute Gasteiger partial charge is 0.335 e. The Morgan fingerprint density at radius 1 is 1.33 bits per heavy atom. The van der Waals surface area contributed by atoms with Gasteiger partial charge < -0.3 is 14.2 Å². The molecule has 0 heterocycles. The second kappa shape index (κ2) is 9.27. The lowest BCUT2D eigenvalue weighted by molar-refractivity contribution is -0.136. The fourth-order valence-electron chi connectivity index (χ4n) is 0.871. The van der Waals surface area contributed by atoms with Crippen molar-refractivity contribution in [2.24, 2.45) is 0 Å². The van der Waals surface area contributed by atoms with Gasteiger partial charge in [-0.3, -0.25) is 0 Å². The van der Waals surface area contributed by atoms with Crippen LogP contribution in [0.3, 0.4) is 0 Å². The predicted molar refractivity (Wildman–Crippen MR) is 57.4 cm³/mol. The van der Waals surface area contributed by atoms with Gasteiger partial charge in [-0.15, -0.1) is 0 Å². The first-order chi connectivity index (χ1) is 7.22. The van der Waals surface area contributed by atoms with Crippen LogP contribution in [0.1, 0.15) is 12.8 Å². The van der Waals surface area contributed by atoms with Crippen LogP contribution in [0.15, 0.2) is 25.0 Å². The topological polar surface area (TPSA) is 44.8 Å². The van der Waals surface area contributed by atoms with Gasteiger partial charge in [0.2, 0.25) is 0 Å². The molecule has 15 heavy (non-hydrogen) atoms. The maximum absolute atomic E-state index is 10.9. The summed E-state index contributed by atoms with van der Waals surface area (Å²) in [4.78, 5) is 10.9. The minimum Gasteiger partial charge on any atom is -0.502 e. The van der Waals surface area contributed by atoms with Crippen LogP contribution in [-0.4, -0.2) is 32.9 Å². The van der Waals surface area contributed by atoms with E-state index >= 15 is 0 Å². The molecular formula is C11H18O4. The molecule has 0 bridgehead atoms. The lowest BCUT2D eigenvalue weighted by Gasteiger charge is -2.05. The van der Waals surface area contributed by atoms with E-state index in [9.17, 15) is 4.79 Å². The third-order valence-electron chi connectivity index (χ3n) is 1.67. The van der Waals surface area contributed by atoms with Gasteiger partial charge in [0, 0.05) is 6.61 Å². The molecule has 86 valence electrons. The molecule has 4 nitrogen and oxygen atoms in total. The van der Waals surface area contributed by atoms with Crippen molar-refractivity contribution in [3.05, 3.63) is 25.0 Å². The van der Waals surface area contributed by atoms with Crippen LogP contribution >= 0.6 is 0 Å². The lowest BCUT2D eigenvalue weighted by Crippen LogP contribution is -2.10. The molecule has 0 amide bonds. The number of rotatable bonds is 9. The molecule has 0 fully saturated rings. The highest BCUT2D eigenvalue weighted by Crippen LogP contribution is 1.97. The molecule has 0 atom stereocenters. The van der Waals surface area contributed by atoms with E-state index in [1.165, 1.54) is 13.4 Å². The Labute approximate surface area is 90.5 Å². The third-order valence-corrected chi connectivity index (χ3v) is 1.67. The van der Waals surface area contributed by atoms with Crippen LogP contribution in [0.25, 0.3) is 0 Å². The Hall–Kier alpha value is -1.29. The Morgan fingerprint density at radius 2 is 2.00 bits per heavy atom. The van der Waals surface area contributed by atoms with Crippen molar-refractivity contribution < 1.29 is 19.0 Å². The van der Waals surface area contributed by atoms with Crippen molar-refractivity contribution in [3.63, 3.8) is 0 Å². The molecule has 0 aliphatic carbocycles. The molecule has 0 aromatic carbocycles. The van der Waals surface area contributed by atoms with Gasteiger partial charge in [-0.1, -0.05) is 13.2 Å². The molecule has 0 N–H and O–H groups in total. The highest BCUT2D eigenvalue weighted by molar-refractivity contribution is 5.87. The molecule has 0 saturated heterocycles. The fourth-order valence-corrected chi connectivity index (χ4v) is 0.871. The molecule has 0 spiro atoms. The summed E-state index contributed by atoms with van der Waals surface area (Å²) in [7, 11) is 1.32. The van der Waals surface area contributed by atoms with Gasteiger partial charge in [0.05, 0.1) is 32.2 Å². The number of unbranched alkanes of at least 4 members (excludes halogenated alkanes) is 1. The van der Waals surface area contributed by atoms with Crippen molar-refractivity contribution in [1.82, 2.24) is 0 Å². The maximum Gasteiger partial charge on any atom is 0.335 e. The van der Waals surface area contributed by atoms with E-state index in [1.807, 2.05) is 0 Å². The van der Waals surface area contributed by atoms with Gasteiger partial charge in [0.1, 0.15) is 0 Å². The first kappa shape index (κ1) is 13.7. The van der Waals surface area contributed by atoms with E-state index in [0.717, 1.165) is 12.8 Å². The number of hydrogen-bond acceptors (Lipinski definition) is 4. The number of ether oxygens (including phenoxy) is 3. The zero-order valence-corrected chi connectivity index (χ0v) is 9.16. The SMILES string of the molecule is C=COCCCCOCC(=C)C(=O)OC. The molecule has 4 heteroatoms. The highest BCUT2D eigenvalue weighted by atomic mass is 16.5. The van der Waals surface area contributed by atoms with Crippen molar-refractivity contribution in [2.45, 2.75) is 12.8 Å². The van der Waals surface area contributed by atoms with Crippen molar-refractivity contribution >= 4 is 5.97 Å². The van der Waals surface area contributed by atoms with Gasteiger partial charge in [0.15, 0.2) is 0 Å². The van der Waals surface area contributed by atoms with E-state index in [0.29, 0.717) is 18.8 Å². The highest BCUT2D eigenvalue weighted by Gasteiger charge is 2.05. The lowest BCUT2D eigenvalue weighted by atomic mass is 10.3. The van der Waals surface area contributed by atoms with Crippen molar-refractivity contribution in [2.75, 3.05) is 26.9 Å². The van der Waals surface area contributed by atoms with Gasteiger partial charge in [-0.2, -0.15) is 0 Å². The van der Waals surface area contributed by atoms with E-state index < -0.39 is 5.97 Å². The molecule has 0 saturated carbocycles. The largest absolute Gasteiger partial charge is 0.502 e. The van der Waals surface area contributed by atoms with E-state index in [2.05, 4.69) is 17.9 Å². The quantitative estimate of drug-likeness (QED) is 0.253. The van der Waals surface area contributed by atoms with Crippen molar-refractivity contribution in [1.29, 1.82) is 0 Å². The third kappa shape index (κ3) is 7.76. The summed E-state index contributed by atoms with van der Waals surface area (Å²) < 4.78 is 14.6. The summed E-state index contributed by atoms with van der Waals surface area (Å²) in [6, 6.07) is 0. The Bertz CT molecular complexity index is 211. The van der Waals surface area contributed by atoms with E-state index in [4.69, 9.17) is 9.47 Å². The zero-order valence-electron chi connectivity index (χ0n) is 9.16. The molecular weight excluding hydrogens is 196 g/mol. The molecule has 0 aromatic heterocycles. The average Bonchev–Trinajstić information content (AvgIpc) is 2.26. The Balaban J connectivity index is 3.27. The number of esters is 1. The molecule has 0 aliphatic heterocycles. The van der Waals surface area contributed by atoms with Crippen LogP contribution in [0, 0.1) is 0 Å². The van der Waals surface area contributed by atoms with Crippen LogP contribution in [0.4, 0.5) is 0 Å². The zero-order chi connectivity index (χ0) is 11.5. The van der Waals surface area contributed by atoms with E-state index in [1.54, 1.807) is 0 Å². The van der Waals surface area contributed by atoms with Crippen LogP contribution in [-0.2, 0) is 19.0 Å². The summed E-state index contributed by atoms with van der Waals surface area (Å²) >= 11 is 0. The minimum absolute atomic E-state index is 0.217. The summed E-state index contributed by atoms with van der Waals surface area (Å²) in [6.07, 6.45) is 3.19. The number of methoxy groups -OCH3 is 1. The molecule has 0 aromatic rings. The minimum atomic E-state index is -0.426. The van der Waals surface area contributed by atoms with Gasteiger partial charge >= 0.3 is 5.97 Å². The Kier molecular flexibility index (Phi) is 8.47. The summed E-state index contributed by atoms with van der Waals surface area (Å²) in [5.41, 5.74) is 0.333. The number of hydrogen-bond donors (Lipinski definition) is 0. The van der Waals surface area contributed by atoms with Gasteiger partial charge in [0.25, 0.3) is 0 Å². The number of carbonyl (C=O) groups excluding carboxylic acids is 1. The second-order valence-corrected chi connectivity index (χ2v) is 2.89. The average molecular weight is 214 g/mol. The predicted octanol–water partition coefficient (Wildman–Crippen LogP) is 1.67. The molecule has 0 rings (SSSR count). The van der Waals surface area contributed by atoms with Gasteiger partial charge in [-0.25, -0.2) is 4.79 Å². The van der Waals surface area contributed by atoms with Crippen LogP contribution in [0.2, 0.25) is 0 Å². The Morgan fingerprint density at radius 3 is 2.60 bits per heavy atom. The molecule has 0 aliphatic rings. The molecule has 0 unspecified atom stereocenters. The number of carbonyl (C=O) groups is 1. The first-order valence-electron chi connectivity index (χ1n) is 4.78. The second-order valence-electron chi connectivity index (χ2n) is 2.89. The first-order valence-corrected chi connectivity index (χ1v) is 4.78. The monoisotopic (exact) mass is 214 g/mol. The molecule has 0 radical (unpaired) electrons. The van der Waals surface area contributed by atoms with E-state index in [-0.39, 0.29) is 6.61 Å².